The molecular weight excluding hydrogens is 342 g/mol. The van der Waals surface area contributed by atoms with E-state index in [4.69, 9.17) is 11.0 Å². The van der Waals surface area contributed by atoms with Crippen molar-refractivity contribution in [3.63, 3.8) is 0 Å². The topological polar surface area (TPSA) is 126 Å². The molecule has 3 heterocycles. The van der Waals surface area contributed by atoms with Gasteiger partial charge >= 0.3 is 0 Å². The highest BCUT2D eigenvalue weighted by Gasteiger charge is 2.13. The molecule has 0 amide bonds. The Hall–Kier alpha value is -3.83. The smallest absolute Gasteiger partial charge is 0.223 e. The van der Waals surface area contributed by atoms with E-state index in [1.54, 1.807) is 36.5 Å². The van der Waals surface area contributed by atoms with Gasteiger partial charge in [-0.25, -0.2) is 9.97 Å². The third-order valence-corrected chi connectivity index (χ3v) is 4.16. The number of aliphatic hydroxyl groups excluding tert-OH is 1. The van der Waals surface area contributed by atoms with E-state index < -0.39 is 0 Å². The molecule has 0 saturated carbocycles. The molecule has 0 unspecified atom stereocenters. The number of fused-ring (bicyclic) bond motifs is 1. The van der Waals surface area contributed by atoms with E-state index in [9.17, 15) is 5.11 Å². The molecule has 132 valence electrons. The van der Waals surface area contributed by atoms with E-state index in [1.165, 1.54) is 4.52 Å². The van der Waals surface area contributed by atoms with E-state index in [0.717, 1.165) is 11.1 Å². The van der Waals surface area contributed by atoms with Crippen molar-refractivity contribution in [1.29, 1.82) is 5.26 Å². The van der Waals surface area contributed by atoms with E-state index in [1.807, 2.05) is 12.1 Å². The third kappa shape index (κ3) is 3.19. The van der Waals surface area contributed by atoms with E-state index >= 15 is 0 Å². The lowest BCUT2D eigenvalue weighted by Gasteiger charge is -2.03. The Morgan fingerprint density at radius 3 is 2.85 bits per heavy atom. The monoisotopic (exact) mass is 357 g/mol. The van der Waals surface area contributed by atoms with Crippen LogP contribution in [0.3, 0.4) is 0 Å². The molecule has 4 rings (SSSR count). The zero-order valence-corrected chi connectivity index (χ0v) is 14.2. The van der Waals surface area contributed by atoms with Gasteiger partial charge in [0, 0.05) is 17.8 Å². The number of hydrogen-bond acceptors (Lipinski definition) is 7. The number of pyridine rings is 1. The van der Waals surface area contributed by atoms with Crippen molar-refractivity contribution in [2.45, 2.75) is 13.0 Å². The number of anilines is 1. The SMILES string of the molecule is N#Cc1cccc(-c2cc3nc(Cc4ncccc4CO)nn3c(N)n2)c1. The molecule has 0 radical (unpaired) electrons. The van der Waals surface area contributed by atoms with Crippen LogP contribution in [0, 0.1) is 11.3 Å². The largest absolute Gasteiger partial charge is 0.392 e. The van der Waals surface area contributed by atoms with Crippen molar-refractivity contribution in [1.82, 2.24) is 24.6 Å². The average Bonchev–Trinajstić information content (AvgIpc) is 3.11. The zero-order valence-electron chi connectivity index (χ0n) is 14.2. The van der Waals surface area contributed by atoms with Gasteiger partial charge in [-0.05, 0) is 23.8 Å². The molecule has 0 atom stereocenters. The van der Waals surface area contributed by atoms with Gasteiger partial charge in [0.25, 0.3) is 0 Å². The van der Waals surface area contributed by atoms with Crippen molar-refractivity contribution in [2.75, 3.05) is 5.73 Å². The molecule has 0 bridgehead atoms. The second kappa shape index (κ2) is 6.82. The number of aliphatic hydroxyl groups is 1. The van der Waals surface area contributed by atoms with Crippen LogP contribution in [-0.4, -0.2) is 29.7 Å². The van der Waals surface area contributed by atoms with Crippen LogP contribution in [0.25, 0.3) is 16.9 Å². The lowest BCUT2D eigenvalue weighted by atomic mass is 10.1. The molecule has 3 N–H and O–H groups in total. The Balaban J connectivity index is 1.74. The van der Waals surface area contributed by atoms with Crippen LogP contribution < -0.4 is 5.73 Å². The van der Waals surface area contributed by atoms with Crippen LogP contribution >= 0.6 is 0 Å². The zero-order chi connectivity index (χ0) is 18.8. The average molecular weight is 357 g/mol. The number of nitrogen functional groups attached to an aromatic ring is 1. The number of nitrogens with two attached hydrogens (primary N) is 1. The fourth-order valence-electron chi connectivity index (χ4n) is 2.85. The fourth-order valence-corrected chi connectivity index (χ4v) is 2.85. The molecule has 3 aromatic heterocycles. The second-order valence-corrected chi connectivity index (χ2v) is 5.93. The van der Waals surface area contributed by atoms with Crippen molar-refractivity contribution in [3.8, 4) is 17.3 Å². The maximum atomic E-state index is 9.45. The second-order valence-electron chi connectivity index (χ2n) is 5.93. The molecule has 0 spiro atoms. The molecular formula is C19H15N7O. The first kappa shape index (κ1) is 16.6. The Bertz CT molecular complexity index is 1180. The highest BCUT2D eigenvalue weighted by atomic mass is 16.3. The predicted octanol–water partition coefficient (Wildman–Crippen LogP) is 1.72. The summed E-state index contributed by atoms with van der Waals surface area (Å²) in [7, 11) is 0. The van der Waals surface area contributed by atoms with Crippen molar-refractivity contribution < 1.29 is 5.11 Å². The number of nitrogens with zero attached hydrogens (tertiary/aromatic N) is 6. The van der Waals surface area contributed by atoms with Crippen LogP contribution in [0.15, 0.2) is 48.7 Å². The Morgan fingerprint density at radius 1 is 1.15 bits per heavy atom. The van der Waals surface area contributed by atoms with Gasteiger partial charge in [-0.2, -0.15) is 9.78 Å². The number of nitriles is 1. The Labute approximate surface area is 154 Å². The standard InChI is InChI=1S/C19H15N7O/c20-10-12-3-1-4-13(7-12)16-9-18-24-17(25-26(18)19(21)23-16)8-15-14(11-27)5-2-6-22-15/h1-7,9,27H,8,11H2,(H2,21,23). The summed E-state index contributed by atoms with van der Waals surface area (Å²) in [5.74, 6) is 0.729. The molecule has 4 aromatic rings. The van der Waals surface area contributed by atoms with Crippen molar-refractivity contribution >= 4 is 11.6 Å². The highest BCUT2D eigenvalue weighted by Crippen LogP contribution is 2.21. The summed E-state index contributed by atoms with van der Waals surface area (Å²) >= 11 is 0. The summed E-state index contributed by atoms with van der Waals surface area (Å²) in [6.07, 6.45) is 2.04. The van der Waals surface area contributed by atoms with Crippen molar-refractivity contribution in [2.24, 2.45) is 0 Å². The summed E-state index contributed by atoms with van der Waals surface area (Å²) in [5.41, 5.74) is 9.99. The number of hydrogen-bond donors (Lipinski definition) is 2. The molecule has 0 aliphatic carbocycles. The van der Waals surface area contributed by atoms with Crippen LogP contribution in [0.2, 0.25) is 0 Å². The summed E-state index contributed by atoms with van der Waals surface area (Å²) < 4.78 is 1.47. The minimum atomic E-state index is -0.0976. The van der Waals surface area contributed by atoms with Gasteiger partial charge in [0.1, 0.15) is 0 Å². The fraction of sp³-hybridized carbons (Fsp3) is 0.105. The normalized spacial score (nSPS) is 10.8. The van der Waals surface area contributed by atoms with E-state index in [-0.39, 0.29) is 12.6 Å². The predicted molar refractivity (Wildman–Crippen MR) is 98.3 cm³/mol. The van der Waals surface area contributed by atoms with Gasteiger partial charge in [0.15, 0.2) is 11.5 Å². The van der Waals surface area contributed by atoms with Gasteiger partial charge in [0.2, 0.25) is 5.95 Å². The van der Waals surface area contributed by atoms with Gasteiger partial charge in [-0.1, -0.05) is 18.2 Å². The Morgan fingerprint density at radius 2 is 2.04 bits per heavy atom. The summed E-state index contributed by atoms with van der Waals surface area (Å²) in [4.78, 5) is 13.2. The van der Waals surface area contributed by atoms with Crippen molar-refractivity contribution in [3.05, 3.63) is 71.3 Å². The molecule has 0 fully saturated rings. The van der Waals surface area contributed by atoms with Gasteiger partial charge in [-0.15, -0.1) is 5.10 Å². The highest BCUT2D eigenvalue weighted by molar-refractivity contribution is 5.66. The summed E-state index contributed by atoms with van der Waals surface area (Å²) in [6.45, 7) is -0.0976. The molecule has 0 saturated heterocycles. The first-order valence-electron chi connectivity index (χ1n) is 8.24. The maximum absolute atomic E-state index is 9.45. The molecule has 1 aromatic carbocycles. The number of rotatable bonds is 4. The van der Waals surface area contributed by atoms with Crippen LogP contribution in [-0.2, 0) is 13.0 Å². The first-order chi connectivity index (χ1) is 13.2. The van der Waals surface area contributed by atoms with Gasteiger partial charge < -0.3 is 10.8 Å². The number of aromatic nitrogens is 5. The van der Waals surface area contributed by atoms with E-state index in [2.05, 4.69) is 26.1 Å². The molecule has 27 heavy (non-hydrogen) atoms. The lowest BCUT2D eigenvalue weighted by Crippen LogP contribution is -2.04. The first-order valence-corrected chi connectivity index (χ1v) is 8.24. The van der Waals surface area contributed by atoms with Crippen LogP contribution in [0.4, 0.5) is 5.95 Å². The third-order valence-electron chi connectivity index (χ3n) is 4.16. The Kier molecular flexibility index (Phi) is 4.20. The van der Waals surface area contributed by atoms with Gasteiger partial charge in [-0.3, -0.25) is 4.98 Å². The number of benzene rings is 1. The summed E-state index contributed by atoms with van der Waals surface area (Å²) in [5, 5.41) is 22.9. The van der Waals surface area contributed by atoms with Crippen LogP contribution in [0.5, 0.6) is 0 Å². The molecule has 0 aliphatic rings. The quantitative estimate of drug-likeness (QED) is 0.569. The van der Waals surface area contributed by atoms with E-state index in [0.29, 0.717) is 34.8 Å². The van der Waals surface area contributed by atoms with Crippen LogP contribution in [0.1, 0.15) is 22.6 Å². The minimum absolute atomic E-state index is 0.0976. The summed E-state index contributed by atoms with van der Waals surface area (Å²) in [6, 6.07) is 14.6. The minimum Gasteiger partial charge on any atom is -0.392 e. The van der Waals surface area contributed by atoms with Gasteiger partial charge in [0.05, 0.1) is 36.0 Å². The lowest BCUT2D eigenvalue weighted by molar-refractivity contribution is 0.280. The molecule has 8 nitrogen and oxygen atoms in total. The molecule has 8 heteroatoms. The molecule has 0 aliphatic heterocycles. The maximum Gasteiger partial charge on any atom is 0.223 e.